The maximum Gasteiger partial charge on any atom is 0.168 e. The molecule has 0 amide bonds. The fraction of sp³-hybridized carbons (Fsp3) is 0.667. The van der Waals surface area contributed by atoms with Crippen LogP contribution in [0.4, 0.5) is 5.82 Å². The number of hydrogen-bond acceptors (Lipinski definition) is 4. The molecule has 0 saturated heterocycles. The number of nitrogens with one attached hydrogen (secondary N) is 1. The molecule has 19 heavy (non-hydrogen) atoms. The maximum absolute atomic E-state index is 6.17. The van der Waals surface area contributed by atoms with Crippen LogP contribution in [0, 0.1) is 5.92 Å². The van der Waals surface area contributed by atoms with E-state index in [0.29, 0.717) is 12.0 Å². The zero-order valence-electron chi connectivity index (χ0n) is 11.9. The third kappa shape index (κ3) is 4.10. The summed E-state index contributed by atoms with van der Waals surface area (Å²) < 4.78 is 5.76. The average Bonchev–Trinajstić information content (AvgIpc) is 2.39. The number of aromatic nitrogens is 1. The van der Waals surface area contributed by atoms with E-state index in [1.54, 1.807) is 6.20 Å². The summed E-state index contributed by atoms with van der Waals surface area (Å²) in [5.74, 6) is 2.19. The maximum atomic E-state index is 6.17. The molecule has 2 unspecified atom stereocenters. The van der Waals surface area contributed by atoms with Crippen LogP contribution in [0.2, 0.25) is 0 Å². The number of anilines is 1. The molecule has 0 radical (unpaired) electrons. The first-order chi connectivity index (χ1) is 9.16. The van der Waals surface area contributed by atoms with Crippen molar-refractivity contribution in [3.63, 3.8) is 0 Å². The lowest BCUT2D eigenvalue weighted by Crippen LogP contribution is -2.37. The van der Waals surface area contributed by atoms with Crippen molar-refractivity contribution in [2.24, 2.45) is 11.7 Å². The number of nitrogens with zero attached hydrogens (tertiary/aromatic N) is 1. The minimum atomic E-state index is 0.154. The molecule has 1 heterocycles. The van der Waals surface area contributed by atoms with Crippen molar-refractivity contribution >= 4 is 5.82 Å². The van der Waals surface area contributed by atoms with Crippen LogP contribution in [0.3, 0.4) is 0 Å². The summed E-state index contributed by atoms with van der Waals surface area (Å²) >= 11 is 0. The van der Waals surface area contributed by atoms with Gasteiger partial charge < -0.3 is 15.8 Å². The van der Waals surface area contributed by atoms with E-state index < -0.39 is 0 Å². The van der Waals surface area contributed by atoms with Gasteiger partial charge >= 0.3 is 0 Å². The molecular weight excluding hydrogens is 238 g/mol. The van der Waals surface area contributed by atoms with Gasteiger partial charge in [-0.25, -0.2) is 4.98 Å². The Bertz CT molecular complexity index is 395. The van der Waals surface area contributed by atoms with Gasteiger partial charge in [0.25, 0.3) is 0 Å². The SMILES string of the molecule is CC(C)Oc1cccnc1NCC1CCCCC1N. The first-order valence-electron chi connectivity index (χ1n) is 7.28. The first kappa shape index (κ1) is 14.1. The van der Waals surface area contributed by atoms with Crippen molar-refractivity contribution in [3.8, 4) is 5.75 Å². The van der Waals surface area contributed by atoms with Gasteiger partial charge in [-0.3, -0.25) is 0 Å². The van der Waals surface area contributed by atoms with E-state index in [0.717, 1.165) is 24.5 Å². The van der Waals surface area contributed by atoms with Crippen LogP contribution in [0.5, 0.6) is 5.75 Å². The lowest BCUT2D eigenvalue weighted by atomic mass is 9.85. The Labute approximate surface area is 115 Å². The summed E-state index contributed by atoms with van der Waals surface area (Å²) in [7, 11) is 0. The second kappa shape index (κ2) is 6.75. The van der Waals surface area contributed by atoms with Gasteiger partial charge in [-0.2, -0.15) is 0 Å². The molecule has 2 rings (SSSR count). The van der Waals surface area contributed by atoms with E-state index in [2.05, 4.69) is 10.3 Å². The molecule has 0 aromatic carbocycles. The largest absolute Gasteiger partial charge is 0.487 e. The number of pyridine rings is 1. The number of hydrogen-bond donors (Lipinski definition) is 2. The summed E-state index contributed by atoms with van der Waals surface area (Å²) in [4.78, 5) is 4.36. The van der Waals surface area contributed by atoms with E-state index in [9.17, 15) is 0 Å². The van der Waals surface area contributed by atoms with Crippen molar-refractivity contribution in [2.75, 3.05) is 11.9 Å². The highest BCUT2D eigenvalue weighted by Crippen LogP contribution is 2.26. The highest BCUT2D eigenvalue weighted by atomic mass is 16.5. The Morgan fingerprint density at radius 1 is 1.42 bits per heavy atom. The molecule has 2 atom stereocenters. The Hall–Kier alpha value is -1.29. The Kier molecular flexibility index (Phi) is 5.02. The molecule has 3 N–H and O–H groups in total. The van der Waals surface area contributed by atoms with E-state index in [1.165, 1.54) is 19.3 Å². The standard InChI is InChI=1S/C15H25N3O/c1-11(2)19-14-8-5-9-17-15(14)18-10-12-6-3-4-7-13(12)16/h5,8-9,11-13H,3-4,6-7,10,16H2,1-2H3,(H,17,18). The van der Waals surface area contributed by atoms with Crippen molar-refractivity contribution < 1.29 is 4.74 Å². The fourth-order valence-electron chi connectivity index (χ4n) is 2.59. The topological polar surface area (TPSA) is 60.2 Å². The van der Waals surface area contributed by atoms with Gasteiger partial charge in [0.1, 0.15) is 0 Å². The van der Waals surface area contributed by atoms with Gasteiger partial charge in [-0.15, -0.1) is 0 Å². The molecule has 1 fully saturated rings. The van der Waals surface area contributed by atoms with Crippen LogP contribution < -0.4 is 15.8 Å². The van der Waals surface area contributed by atoms with Crippen molar-refractivity contribution in [1.29, 1.82) is 0 Å². The zero-order valence-corrected chi connectivity index (χ0v) is 11.9. The van der Waals surface area contributed by atoms with Crippen LogP contribution in [-0.4, -0.2) is 23.7 Å². The van der Waals surface area contributed by atoms with Gasteiger partial charge in [0.2, 0.25) is 0 Å². The van der Waals surface area contributed by atoms with Crippen LogP contribution >= 0.6 is 0 Å². The molecule has 4 nitrogen and oxygen atoms in total. The predicted octanol–water partition coefficient (Wildman–Crippen LogP) is 2.80. The molecule has 1 aromatic heterocycles. The zero-order chi connectivity index (χ0) is 13.7. The molecule has 4 heteroatoms. The van der Waals surface area contributed by atoms with Crippen LogP contribution in [0.15, 0.2) is 18.3 Å². The van der Waals surface area contributed by atoms with E-state index >= 15 is 0 Å². The monoisotopic (exact) mass is 263 g/mol. The van der Waals surface area contributed by atoms with Crippen molar-refractivity contribution in [3.05, 3.63) is 18.3 Å². The van der Waals surface area contributed by atoms with E-state index in [-0.39, 0.29) is 6.10 Å². The van der Waals surface area contributed by atoms with Crippen LogP contribution in [-0.2, 0) is 0 Å². The molecule has 0 spiro atoms. The smallest absolute Gasteiger partial charge is 0.168 e. The highest BCUT2D eigenvalue weighted by molar-refractivity contribution is 5.49. The van der Waals surface area contributed by atoms with Gasteiger partial charge in [0, 0.05) is 18.8 Å². The third-order valence-electron chi connectivity index (χ3n) is 3.63. The Morgan fingerprint density at radius 3 is 2.95 bits per heavy atom. The summed E-state index contributed by atoms with van der Waals surface area (Å²) in [6.07, 6.45) is 6.85. The quantitative estimate of drug-likeness (QED) is 0.857. The summed E-state index contributed by atoms with van der Waals surface area (Å²) in [5.41, 5.74) is 6.17. The summed E-state index contributed by atoms with van der Waals surface area (Å²) in [6.45, 7) is 4.92. The Morgan fingerprint density at radius 2 is 2.21 bits per heavy atom. The molecule has 1 aliphatic carbocycles. The van der Waals surface area contributed by atoms with E-state index in [1.807, 2.05) is 26.0 Å². The number of nitrogens with two attached hydrogens (primary N) is 1. The first-order valence-corrected chi connectivity index (χ1v) is 7.28. The van der Waals surface area contributed by atoms with Crippen molar-refractivity contribution in [2.45, 2.75) is 51.7 Å². The second-order valence-corrected chi connectivity index (χ2v) is 5.61. The average molecular weight is 263 g/mol. The molecule has 0 bridgehead atoms. The minimum absolute atomic E-state index is 0.154. The molecule has 1 aliphatic rings. The summed E-state index contributed by atoms with van der Waals surface area (Å²) in [5, 5.41) is 3.40. The van der Waals surface area contributed by atoms with Gasteiger partial charge in [0.15, 0.2) is 11.6 Å². The molecule has 0 aliphatic heterocycles. The summed E-state index contributed by atoms with van der Waals surface area (Å²) in [6, 6.07) is 4.17. The fourth-order valence-corrected chi connectivity index (χ4v) is 2.59. The normalized spacial score (nSPS) is 23.4. The lowest BCUT2D eigenvalue weighted by Gasteiger charge is -2.29. The molecule has 1 saturated carbocycles. The van der Waals surface area contributed by atoms with Crippen LogP contribution in [0.1, 0.15) is 39.5 Å². The van der Waals surface area contributed by atoms with E-state index in [4.69, 9.17) is 10.5 Å². The predicted molar refractivity (Wildman–Crippen MR) is 78.4 cm³/mol. The molecule has 106 valence electrons. The Balaban J connectivity index is 1.94. The highest BCUT2D eigenvalue weighted by Gasteiger charge is 2.21. The third-order valence-corrected chi connectivity index (χ3v) is 3.63. The second-order valence-electron chi connectivity index (χ2n) is 5.61. The van der Waals surface area contributed by atoms with Gasteiger partial charge in [0.05, 0.1) is 6.10 Å². The minimum Gasteiger partial charge on any atom is -0.487 e. The van der Waals surface area contributed by atoms with Crippen LogP contribution in [0.25, 0.3) is 0 Å². The van der Waals surface area contributed by atoms with Crippen molar-refractivity contribution in [1.82, 2.24) is 4.98 Å². The number of ether oxygens (including phenoxy) is 1. The van der Waals surface area contributed by atoms with Gasteiger partial charge in [-0.1, -0.05) is 12.8 Å². The number of rotatable bonds is 5. The molecule has 1 aromatic rings. The molecular formula is C15H25N3O. The lowest BCUT2D eigenvalue weighted by molar-refractivity contribution is 0.242. The van der Waals surface area contributed by atoms with Gasteiger partial charge in [-0.05, 0) is 44.7 Å².